The fraction of sp³-hybridized carbons (Fsp3) is 0.150. The van der Waals surface area contributed by atoms with Gasteiger partial charge in [0.25, 0.3) is 5.69 Å². The molecule has 142 valence electrons. The number of aryl methyl sites for hydroxylation is 1. The molecule has 0 aromatic heterocycles. The van der Waals surface area contributed by atoms with Gasteiger partial charge in [0.2, 0.25) is 0 Å². The standard InChI is InChI=1S/C20H16N2O6/c1-3-27-19(23)16(12-21)10-14-5-4-6-17(11-14)28-20(24)15-7-8-18(22(25)26)13(2)9-15/h4-11H,3H2,1-2H3/b16-10+. The van der Waals surface area contributed by atoms with Gasteiger partial charge >= 0.3 is 11.9 Å². The first-order chi connectivity index (χ1) is 13.3. The minimum atomic E-state index is -0.742. The van der Waals surface area contributed by atoms with Crippen molar-refractivity contribution < 1.29 is 24.0 Å². The van der Waals surface area contributed by atoms with E-state index in [2.05, 4.69) is 0 Å². The highest BCUT2D eigenvalue weighted by Gasteiger charge is 2.15. The number of nitriles is 1. The van der Waals surface area contributed by atoms with Crippen LogP contribution in [0.25, 0.3) is 6.08 Å². The molecule has 0 spiro atoms. The van der Waals surface area contributed by atoms with Crippen LogP contribution in [0.2, 0.25) is 0 Å². The number of carbonyl (C=O) groups excluding carboxylic acids is 2. The molecule has 2 aromatic rings. The summed E-state index contributed by atoms with van der Waals surface area (Å²) in [5, 5.41) is 19.9. The molecule has 2 aromatic carbocycles. The van der Waals surface area contributed by atoms with Gasteiger partial charge in [0.15, 0.2) is 0 Å². The van der Waals surface area contributed by atoms with Gasteiger partial charge in [-0.3, -0.25) is 10.1 Å². The van der Waals surface area contributed by atoms with Crippen molar-refractivity contribution in [2.45, 2.75) is 13.8 Å². The molecule has 0 amide bonds. The Morgan fingerprint density at radius 1 is 1.25 bits per heavy atom. The molecule has 0 saturated heterocycles. The third-order valence-electron chi connectivity index (χ3n) is 3.62. The zero-order chi connectivity index (χ0) is 20.7. The summed E-state index contributed by atoms with van der Waals surface area (Å²) in [4.78, 5) is 34.3. The molecule has 8 nitrogen and oxygen atoms in total. The van der Waals surface area contributed by atoms with E-state index in [0.717, 1.165) is 0 Å². The van der Waals surface area contributed by atoms with E-state index in [-0.39, 0.29) is 29.2 Å². The van der Waals surface area contributed by atoms with Crippen LogP contribution in [0, 0.1) is 28.4 Å². The van der Waals surface area contributed by atoms with Crippen LogP contribution in [0.15, 0.2) is 48.0 Å². The molecule has 0 aliphatic carbocycles. The smallest absolute Gasteiger partial charge is 0.348 e. The number of hydrogen-bond donors (Lipinski definition) is 0. The normalized spacial score (nSPS) is 10.7. The fourth-order valence-corrected chi connectivity index (χ4v) is 2.33. The second kappa shape index (κ2) is 9.09. The maximum Gasteiger partial charge on any atom is 0.348 e. The Balaban J connectivity index is 2.22. The van der Waals surface area contributed by atoms with Gasteiger partial charge in [-0.1, -0.05) is 12.1 Å². The van der Waals surface area contributed by atoms with Gasteiger partial charge < -0.3 is 9.47 Å². The van der Waals surface area contributed by atoms with Crippen molar-refractivity contribution in [1.29, 1.82) is 5.26 Å². The lowest BCUT2D eigenvalue weighted by molar-refractivity contribution is -0.385. The third kappa shape index (κ3) is 5.02. The number of benzene rings is 2. The molecular weight excluding hydrogens is 364 g/mol. The van der Waals surface area contributed by atoms with Gasteiger partial charge in [-0.25, -0.2) is 9.59 Å². The topological polar surface area (TPSA) is 120 Å². The van der Waals surface area contributed by atoms with Crippen LogP contribution in [-0.4, -0.2) is 23.5 Å². The Hall–Kier alpha value is -3.99. The van der Waals surface area contributed by atoms with E-state index in [1.54, 1.807) is 25.1 Å². The van der Waals surface area contributed by atoms with Crippen LogP contribution in [-0.2, 0) is 9.53 Å². The number of nitrogens with zero attached hydrogens (tertiary/aromatic N) is 2. The molecule has 0 aliphatic heterocycles. The number of nitro benzene ring substituents is 1. The Morgan fingerprint density at radius 2 is 2.00 bits per heavy atom. The molecule has 0 N–H and O–H groups in total. The fourth-order valence-electron chi connectivity index (χ4n) is 2.33. The number of hydrogen-bond acceptors (Lipinski definition) is 7. The third-order valence-corrected chi connectivity index (χ3v) is 3.62. The second-order valence-corrected chi connectivity index (χ2v) is 5.61. The van der Waals surface area contributed by atoms with E-state index >= 15 is 0 Å². The Labute approximate surface area is 160 Å². The van der Waals surface area contributed by atoms with Crippen LogP contribution in [0.5, 0.6) is 5.75 Å². The largest absolute Gasteiger partial charge is 0.462 e. The van der Waals surface area contributed by atoms with Crippen LogP contribution in [0.3, 0.4) is 0 Å². The van der Waals surface area contributed by atoms with Crippen molar-refractivity contribution in [2.75, 3.05) is 6.61 Å². The van der Waals surface area contributed by atoms with E-state index in [9.17, 15) is 19.7 Å². The van der Waals surface area contributed by atoms with Crippen molar-refractivity contribution in [3.63, 3.8) is 0 Å². The van der Waals surface area contributed by atoms with Gasteiger partial charge in [-0.05, 0) is 49.8 Å². The lowest BCUT2D eigenvalue weighted by atomic mass is 10.1. The summed E-state index contributed by atoms with van der Waals surface area (Å²) in [6, 6.07) is 11.9. The molecule has 2 rings (SSSR count). The first-order valence-corrected chi connectivity index (χ1v) is 8.22. The molecule has 0 radical (unpaired) electrons. The van der Waals surface area contributed by atoms with Gasteiger partial charge in [0, 0.05) is 11.6 Å². The van der Waals surface area contributed by atoms with Crippen molar-refractivity contribution in [3.05, 3.63) is 74.8 Å². The van der Waals surface area contributed by atoms with Gasteiger partial charge in [0.05, 0.1) is 17.1 Å². The average molecular weight is 380 g/mol. The molecule has 28 heavy (non-hydrogen) atoms. The predicted octanol–water partition coefficient (Wildman–Crippen LogP) is 3.59. The quantitative estimate of drug-likeness (QED) is 0.187. The highest BCUT2D eigenvalue weighted by molar-refractivity contribution is 5.98. The van der Waals surface area contributed by atoms with Crippen LogP contribution in [0.1, 0.15) is 28.4 Å². The monoisotopic (exact) mass is 380 g/mol. The van der Waals surface area contributed by atoms with E-state index in [4.69, 9.17) is 14.7 Å². The summed E-state index contributed by atoms with van der Waals surface area (Å²) in [7, 11) is 0. The molecule has 0 aliphatic rings. The summed E-state index contributed by atoms with van der Waals surface area (Å²) in [5.74, 6) is -1.24. The molecule has 0 saturated carbocycles. The molecular formula is C20H16N2O6. The summed E-state index contributed by atoms with van der Waals surface area (Å²) < 4.78 is 10.1. The van der Waals surface area contributed by atoms with Crippen molar-refractivity contribution >= 4 is 23.7 Å². The first kappa shape index (κ1) is 20.3. The molecule has 0 heterocycles. The maximum absolute atomic E-state index is 12.3. The van der Waals surface area contributed by atoms with Crippen molar-refractivity contribution in [3.8, 4) is 11.8 Å². The zero-order valence-electron chi connectivity index (χ0n) is 15.2. The number of ether oxygens (including phenoxy) is 2. The second-order valence-electron chi connectivity index (χ2n) is 5.61. The number of carbonyl (C=O) groups is 2. The van der Waals surface area contributed by atoms with Crippen molar-refractivity contribution in [2.24, 2.45) is 0 Å². The van der Waals surface area contributed by atoms with Gasteiger partial charge in [0.1, 0.15) is 17.4 Å². The highest BCUT2D eigenvalue weighted by atomic mass is 16.6. The number of nitro groups is 1. The molecule has 0 unspecified atom stereocenters. The van der Waals surface area contributed by atoms with Crippen LogP contribution in [0.4, 0.5) is 5.69 Å². The first-order valence-electron chi connectivity index (χ1n) is 8.22. The van der Waals surface area contributed by atoms with E-state index < -0.39 is 16.9 Å². The van der Waals surface area contributed by atoms with Crippen LogP contribution >= 0.6 is 0 Å². The Morgan fingerprint density at radius 3 is 2.61 bits per heavy atom. The Kier molecular flexibility index (Phi) is 6.60. The zero-order valence-corrected chi connectivity index (χ0v) is 15.2. The maximum atomic E-state index is 12.3. The lowest BCUT2D eigenvalue weighted by Crippen LogP contribution is -2.09. The molecule has 8 heteroatoms. The Bertz CT molecular complexity index is 1000. The minimum Gasteiger partial charge on any atom is -0.462 e. The minimum absolute atomic E-state index is 0.0910. The average Bonchev–Trinajstić information content (AvgIpc) is 2.66. The molecule has 0 bridgehead atoms. The summed E-state index contributed by atoms with van der Waals surface area (Å²) in [6.45, 7) is 3.30. The summed E-state index contributed by atoms with van der Waals surface area (Å²) in [6.07, 6.45) is 1.32. The summed E-state index contributed by atoms with van der Waals surface area (Å²) >= 11 is 0. The number of esters is 2. The molecule has 0 atom stereocenters. The predicted molar refractivity (Wildman–Crippen MR) is 99.5 cm³/mol. The van der Waals surface area contributed by atoms with E-state index in [0.29, 0.717) is 11.1 Å². The van der Waals surface area contributed by atoms with E-state index in [1.165, 1.54) is 43.3 Å². The van der Waals surface area contributed by atoms with Gasteiger partial charge in [-0.2, -0.15) is 5.26 Å². The van der Waals surface area contributed by atoms with Crippen LogP contribution < -0.4 is 4.74 Å². The lowest BCUT2D eigenvalue weighted by Gasteiger charge is -2.06. The molecule has 0 fully saturated rings. The number of rotatable bonds is 6. The summed E-state index contributed by atoms with van der Waals surface area (Å²) in [5.41, 5.74) is 0.690. The van der Waals surface area contributed by atoms with E-state index in [1.807, 2.05) is 0 Å². The highest BCUT2D eigenvalue weighted by Crippen LogP contribution is 2.21. The van der Waals surface area contributed by atoms with Crippen molar-refractivity contribution in [1.82, 2.24) is 0 Å². The SMILES string of the molecule is CCOC(=O)/C(C#N)=C/c1cccc(OC(=O)c2ccc([N+](=O)[O-])c(C)c2)c1. The van der Waals surface area contributed by atoms with Gasteiger partial charge in [-0.15, -0.1) is 0 Å².